The molecule has 3 aliphatic rings. The van der Waals surface area contributed by atoms with E-state index in [-0.39, 0.29) is 0 Å². The predicted octanol–water partition coefficient (Wildman–Crippen LogP) is 0.602. The van der Waals surface area contributed by atoms with Crippen molar-refractivity contribution in [2.24, 2.45) is 0 Å². The van der Waals surface area contributed by atoms with Crippen molar-refractivity contribution in [1.82, 2.24) is 10.2 Å². The van der Waals surface area contributed by atoms with Gasteiger partial charge in [-0.2, -0.15) is 0 Å². The van der Waals surface area contributed by atoms with Crippen molar-refractivity contribution in [1.29, 1.82) is 0 Å². The molecule has 80 valence electrons. The molecule has 3 heteroatoms. The molecular formula is C11H20N2O. The third-order valence-electron chi connectivity index (χ3n) is 3.71. The summed E-state index contributed by atoms with van der Waals surface area (Å²) in [5.74, 6) is 0. The summed E-state index contributed by atoms with van der Waals surface area (Å²) < 4.78 is 5.87. The molecule has 14 heavy (non-hydrogen) atoms. The number of hydrogen-bond acceptors (Lipinski definition) is 3. The highest BCUT2D eigenvalue weighted by Crippen LogP contribution is 2.32. The topological polar surface area (TPSA) is 24.5 Å². The van der Waals surface area contributed by atoms with E-state index in [9.17, 15) is 0 Å². The maximum Gasteiger partial charge on any atom is 0.0664 e. The van der Waals surface area contributed by atoms with Gasteiger partial charge >= 0.3 is 0 Å². The molecule has 3 nitrogen and oxygen atoms in total. The molecular weight excluding hydrogens is 176 g/mol. The van der Waals surface area contributed by atoms with E-state index in [1.54, 1.807) is 0 Å². The van der Waals surface area contributed by atoms with E-state index in [1.165, 1.54) is 32.2 Å². The van der Waals surface area contributed by atoms with Crippen molar-refractivity contribution >= 4 is 0 Å². The Balaban J connectivity index is 1.62. The van der Waals surface area contributed by atoms with Crippen LogP contribution in [0, 0.1) is 0 Å². The second-order valence-electron chi connectivity index (χ2n) is 5.37. The molecule has 1 saturated carbocycles. The Morgan fingerprint density at radius 3 is 3.07 bits per heavy atom. The van der Waals surface area contributed by atoms with Gasteiger partial charge in [0.05, 0.1) is 18.2 Å². The first-order chi connectivity index (χ1) is 6.76. The van der Waals surface area contributed by atoms with Crippen molar-refractivity contribution in [2.75, 3.05) is 26.7 Å². The molecule has 0 aromatic carbocycles. The number of rotatable bonds is 3. The van der Waals surface area contributed by atoms with Crippen LogP contribution >= 0.6 is 0 Å². The molecule has 3 fully saturated rings. The standard InChI is InChI=1S/C11H20N2O/c1-13-6-9-4-5-11(7-13,12-9)8-14-10-2-3-10/h9-10,12H,2-8H2,1H3/t9-,11+/m0/s1. The van der Waals surface area contributed by atoms with Gasteiger partial charge in [-0.25, -0.2) is 0 Å². The maximum atomic E-state index is 5.87. The molecule has 0 unspecified atom stereocenters. The summed E-state index contributed by atoms with van der Waals surface area (Å²) >= 11 is 0. The largest absolute Gasteiger partial charge is 0.376 e. The van der Waals surface area contributed by atoms with Gasteiger partial charge in [-0.3, -0.25) is 0 Å². The average molecular weight is 196 g/mol. The minimum absolute atomic E-state index is 0.292. The van der Waals surface area contributed by atoms with Gasteiger partial charge in [0.2, 0.25) is 0 Å². The number of nitrogens with one attached hydrogen (secondary N) is 1. The van der Waals surface area contributed by atoms with Crippen LogP contribution in [0.5, 0.6) is 0 Å². The number of ether oxygens (including phenoxy) is 1. The summed E-state index contributed by atoms with van der Waals surface area (Å²) in [6.07, 6.45) is 5.80. The van der Waals surface area contributed by atoms with Gasteiger partial charge in [0.15, 0.2) is 0 Å². The lowest BCUT2D eigenvalue weighted by atomic mass is 9.98. The third kappa shape index (κ3) is 1.69. The highest BCUT2D eigenvalue weighted by Gasteiger charge is 2.44. The lowest BCUT2D eigenvalue weighted by Crippen LogP contribution is -2.60. The zero-order chi connectivity index (χ0) is 9.60. The van der Waals surface area contributed by atoms with Gasteiger partial charge in [0, 0.05) is 19.1 Å². The second kappa shape index (κ2) is 3.19. The van der Waals surface area contributed by atoms with Gasteiger partial charge < -0.3 is 15.0 Å². The van der Waals surface area contributed by atoms with E-state index in [1.807, 2.05) is 0 Å². The van der Waals surface area contributed by atoms with E-state index < -0.39 is 0 Å². The van der Waals surface area contributed by atoms with Crippen LogP contribution in [-0.4, -0.2) is 49.3 Å². The van der Waals surface area contributed by atoms with Gasteiger partial charge in [-0.05, 0) is 32.7 Å². The summed E-state index contributed by atoms with van der Waals surface area (Å²) in [6.45, 7) is 3.31. The van der Waals surface area contributed by atoms with E-state index in [0.29, 0.717) is 11.6 Å². The summed E-state index contributed by atoms with van der Waals surface area (Å²) in [4.78, 5) is 2.45. The van der Waals surface area contributed by atoms with E-state index in [2.05, 4.69) is 17.3 Å². The third-order valence-corrected chi connectivity index (χ3v) is 3.71. The lowest BCUT2D eigenvalue weighted by molar-refractivity contribution is 0.0344. The molecule has 3 rings (SSSR count). The first kappa shape index (κ1) is 9.13. The van der Waals surface area contributed by atoms with Gasteiger partial charge in [0.1, 0.15) is 0 Å². The zero-order valence-electron chi connectivity index (χ0n) is 8.96. The van der Waals surface area contributed by atoms with Gasteiger partial charge in [-0.1, -0.05) is 0 Å². The molecule has 0 radical (unpaired) electrons. The van der Waals surface area contributed by atoms with Crippen molar-refractivity contribution in [3.05, 3.63) is 0 Å². The van der Waals surface area contributed by atoms with Crippen LogP contribution in [0.4, 0.5) is 0 Å². The van der Waals surface area contributed by atoms with Crippen molar-refractivity contribution in [2.45, 2.75) is 43.4 Å². The fourth-order valence-corrected chi connectivity index (χ4v) is 2.92. The Labute approximate surface area is 85.8 Å². The minimum atomic E-state index is 0.292. The van der Waals surface area contributed by atoms with E-state index in [4.69, 9.17) is 4.74 Å². The Morgan fingerprint density at radius 2 is 2.29 bits per heavy atom. The van der Waals surface area contributed by atoms with Crippen molar-refractivity contribution in [3.63, 3.8) is 0 Å². The number of piperazine rings is 1. The van der Waals surface area contributed by atoms with Crippen LogP contribution in [0.2, 0.25) is 0 Å². The monoisotopic (exact) mass is 196 g/mol. The fraction of sp³-hybridized carbons (Fsp3) is 1.00. The highest BCUT2D eigenvalue weighted by atomic mass is 16.5. The average Bonchev–Trinajstić information content (AvgIpc) is 2.91. The summed E-state index contributed by atoms with van der Waals surface area (Å²) in [5.41, 5.74) is 0.292. The molecule has 2 atom stereocenters. The van der Waals surface area contributed by atoms with Crippen molar-refractivity contribution < 1.29 is 4.74 Å². The molecule has 2 saturated heterocycles. The number of likely N-dealkylation sites (N-methyl/N-ethyl adjacent to an activating group) is 1. The maximum absolute atomic E-state index is 5.87. The van der Waals surface area contributed by atoms with Crippen LogP contribution in [0.3, 0.4) is 0 Å². The predicted molar refractivity (Wildman–Crippen MR) is 55.4 cm³/mol. The molecule has 1 N–H and O–H groups in total. The van der Waals surface area contributed by atoms with Gasteiger partial charge in [0.25, 0.3) is 0 Å². The number of likely N-dealkylation sites (tertiary alicyclic amines) is 1. The molecule has 2 aliphatic heterocycles. The highest BCUT2D eigenvalue weighted by molar-refractivity contribution is 5.04. The zero-order valence-corrected chi connectivity index (χ0v) is 8.96. The molecule has 0 spiro atoms. The molecule has 1 aliphatic carbocycles. The SMILES string of the molecule is CN1C[C@@H]2CC[C@](COC3CC3)(C1)N2. The molecule has 2 bridgehead atoms. The molecule has 0 aromatic rings. The van der Waals surface area contributed by atoms with Crippen LogP contribution in [0.1, 0.15) is 25.7 Å². The minimum Gasteiger partial charge on any atom is -0.376 e. The molecule has 0 aromatic heterocycles. The first-order valence-corrected chi connectivity index (χ1v) is 5.84. The Bertz CT molecular complexity index is 229. The Morgan fingerprint density at radius 1 is 1.43 bits per heavy atom. The van der Waals surface area contributed by atoms with E-state index >= 15 is 0 Å². The van der Waals surface area contributed by atoms with Crippen LogP contribution in [0.15, 0.2) is 0 Å². The Kier molecular flexibility index (Phi) is 2.08. The lowest BCUT2D eigenvalue weighted by Gasteiger charge is -2.39. The van der Waals surface area contributed by atoms with E-state index in [0.717, 1.165) is 19.2 Å². The summed E-state index contributed by atoms with van der Waals surface area (Å²) in [6, 6.07) is 0.719. The molecule has 0 amide bonds. The number of nitrogens with zero attached hydrogens (tertiary/aromatic N) is 1. The molecule has 2 heterocycles. The number of hydrogen-bond donors (Lipinski definition) is 1. The van der Waals surface area contributed by atoms with Crippen molar-refractivity contribution in [3.8, 4) is 0 Å². The summed E-state index contributed by atoms with van der Waals surface area (Å²) in [5, 5.41) is 3.75. The first-order valence-electron chi connectivity index (χ1n) is 5.84. The smallest absolute Gasteiger partial charge is 0.0664 e. The number of fused-ring (bicyclic) bond motifs is 2. The quantitative estimate of drug-likeness (QED) is 0.715. The van der Waals surface area contributed by atoms with Crippen LogP contribution < -0.4 is 5.32 Å². The Hall–Kier alpha value is -0.120. The fourth-order valence-electron chi connectivity index (χ4n) is 2.92. The van der Waals surface area contributed by atoms with Crippen LogP contribution in [-0.2, 0) is 4.74 Å². The summed E-state index contributed by atoms with van der Waals surface area (Å²) in [7, 11) is 2.23. The normalized spacial score (nSPS) is 43.1. The second-order valence-corrected chi connectivity index (χ2v) is 5.37. The van der Waals surface area contributed by atoms with Gasteiger partial charge in [-0.15, -0.1) is 0 Å². The van der Waals surface area contributed by atoms with Crippen LogP contribution in [0.25, 0.3) is 0 Å².